The van der Waals surface area contributed by atoms with Gasteiger partial charge in [-0.15, -0.1) is 0 Å². The van der Waals surface area contributed by atoms with Gasteiger partial charge in [0.25, 0.3) is 0 Å². The normalized spacial score (nSPS) is 13.1. The lowest BCUT2D eigenvalue weighted by atomic mass is 10.1. The Labute approximate surface area is 134 Å². The minimum atomic E-state index is 0.101. The minimum Gasteiger partial charge on any atom is -0.504 e. The number of benzene rings is 2. The molecule has 3 rings (SSSR count). The van der Waals surface area contributed by atoms with Crippen molar-refractivity contribution in [2.24, 2.45) is 0 Å². The molecule has 120 valence electrons. The van der Waals surface area contributed by atoms with Crippen molar-refractivity contribution in [2.45, 2.75) is 0 Å². The van der Waals surface area contributed by atoms with Crippen molar-refractivity contribution >= 4 is 12.2 Å². The molecule has 23 heavy (non-hydrogen) atoms. The van der Waals surface area contributed by atoms with Gasteiger partial charge in [0.1, 0.15) is 19.0 Å². The highest BCUT2D eigenvalue weighted by Gasteiger charge is 2.15. The first-order valence-electron chi connectivity index (χ1n) is 7.24. The second-order valence-corrected chi connectivity index (χ2v) is 5.00. The fraction of sp³-hybridized carbons (Fsp3) is 0.222. The second kappa shape index (κ2) is 6.52. The Bertz CT molecular complexity index is 736. The smallest absolute Gasteiger partial charge is 0.165 e. The summed E-state index contributed by atoms with van der Waals surface area (Å²) in [6.45, 7) is 1.07. The van der Waals surface area contributed by atoms with Gasteiger partial charge in [0.2, 0.25) is 0 Å². The third-order valence-electron chi connectivity index (χ3n) is 3.55. The Kier molecular flexibility index (Phi) is 4.28. The third kappa shape index (κ3) is 3.18. The molecule has 5 nitrogen and oxygen atoms in total. The number of methoxy groups -OCH3 is 2. The van der Waals surface area contributed by atoms with Crippen molar-refractivity contribution in [3.8, 4) is 28.7 Å². The molecule has 0 saturated carbocycles. The monoisotopic (exact) mass is 314 g/mol. The van der Waals surface area contributed by atoms with E-state index in [0.29, 0.717) is 36.2 Å². The molecule has 0 saturated heterocycles. The summed E-state index contributed by atoms with van der Waals surface area (Å²) in [6.07, 6.45) is 3.78. The zero-order valence-electron chi connectivity index (χ0n) is 13.0. The maximum absolute atomic E-state index is 9.83. The van der Waals surface area contributed by atoms with Crippen LogP contribution in [0.2, 0.25) is 0 Å². The van der Waals surface area contributed by atoms with Crippen LogP contribution in [0, 0.1) is 0 Å². The Morgan fingerprint density at radius 2 is 1.61 bits per heavy atom. The Hall–Kier alpha value is -2.82. The molecule has 0 fully saturated rings. The van der Waals surface area contributed by atoms with Gasteiger partial charge in [0.05, 0.1) is 14.2 Å². The fourth-order valence-corrected chi connectivity index (χ4v) is 2.39. The van der Waals surface area contributed by atoms with E-state index in [1.54, 1.807) is 19.2 Å². The largest absolute Gasteiger partial charge is 0.504 e. The fourth-order valence-electron chi connectivity index (χ4n) is 2.39. The van der Waals surface area contributed by atoms with Gasteiger partial charge in [0, 0.05) is 11.6 Å². The van der Waals surface area contributed by atoms with E-state index in [0.717, 1.165) is 11.1 Å². The molecule has 2 aromatic carbocycles. The molecule has 0 aliphatic carbocycles. The summed E-state index contributed by atoms with van der Waals surface area (Å²) in [5, 5.41) is 9.83. The predicted octanol–water partition coefficient (Wildman–Crippen LogP) is 3.35. The lowest BCUT2D eigenvalue weighted by Crippen LogP contribution is -2.15. The molecule has 0 bridgehead atoms. The lowest BCUT2D eigenvalue weighted by molar-refractivity contribution is 0.170. The van der Waals surface area contributed by atoms with Crippen LogP contribution in [0.3, 0.4) is 0 Å². The maximum atomic E-state index is 9.83. The van der Waals surface area contributed by atoms with E-state index < -0.39 is 0 Å². The number of fused-ring (bicyclic) bond motifs is 1. The molecule has 1 N–H and O–H groups in total. The molecule has 1 aliphatic rings. The van der Waals surface area contributed by atoms with Crippen LogP contribution in [-0.2, 0) is 0 Å². The van der Waals surface area contributed by atoms with Crippen molar-refractivity contribution in [1.82, 2.24) is 0 Å². The van der Waals surface area contributed by atoms with Crippen molar-refractivity contribution in [3.63, 3.8) is 0 Å². The molecule has 2 aromatic rings. The molecule has 0 amide bonds. The molecular weight excluding hydrogens is 296 g/mol. The number of phenolic OH excluding ortho intramolecular Hbond substituents is 1. The summed E-state index contributed by atoms with van der Waals surface area (Å²) in [5.41, 5.74) is 1.72. The average molecular weight is 314 g/mol. The van der Waals surface area contributed by atoms with Gasteiger partial charge < -0.3 is 24.1 Å². The Balaban J connectivity index is 1.90. The first-order chi connectivity index (χ1) is 11.2. The van der Waals surface area contributed by atoms with Crippen molar-refractivity contribution in [3.05, 3.63) is 41.5 Å². The molecular formula is C18H18O5. The Morgan fingerprint density at radius 3 is 2.26 bits per heavy atom. The minimum absolute atomic E-state index is 0.101. The zero-order valence-corrected chi connectivity index (χ0v) is 13.0. The molecule has 0 aromatic heterocycles. The standard InChI is InChI=1S/C18H18O5/c1-20-15-6-4-12(9-14(15)19)3-5-13-10-17-18(11-16(13)21-2)23-8-7-22-17/h3-6,9-11,19H,7-8H2,1-2H3/b5-3-. The first-order valence-corrected chi connectivity index (χ1v) is 7.24. The molecule has 0 unspecified atom stereocenters. The number of phenols is 1. The molecule has 0 atom stereocenters. The number of ether oxygens (including phenoxy) is 4. The first kappa shape index (κ1) is 15.1. The number of hydrogen-bond acceptors (Lipinski definition) is 5. The van der Waals surface area contributed by atoms with Crippen molar-refractivity contribution in [2.75, 3.05) is 27.4 Å². The summed E-state index contributed by atoms with van der Waals surface area (Å²) in [5.74, 6) is 2.63. The highest BCUT2D eigenvalue weighted by atomic mass is 16.6. The van der Waals surface area contributed by atoms with Crippen LogP contribution >= 0.6 is 0 Å². The maximum Gasteiger partial charge on any atom is 0.165 e. The van der Waals surface area contributed by atoms with E-state index in [-0.39, 0.29) is 5.75 Å². The van der Waals surface area contributed by atoms with Gasteiger partial charge in [-0.1, -0.05) is 18.2 Å². The SMILES string of the molecule is COc1ccc(/C=C\c2cc3c(cc2OC)OCCO3)cc1O. The third-order valence-corrected chi connectivity index (χ3v) is 3.55. The summed E-state index contributed by atoms with van der Waals surface area (Å²) >= 11 is 0. The number of rotatable bonds is 4. The van der Waals surface area contributed by atoms with Crippen LogP contribution in [0.4, 0.5) is 0 Å². The van der Waals surface area contributed by atoms with Gasteiger partial charge >= 0.3 is 0 Å². The lowest BCUT2D eigenvalue weighted by Gasteiger charge is -2.20. The zero-order chi connectivity index (χ0) is 16.2. The van der Waals surface area contributed by atoms with Crippen LogP contribution in [0.15, 0.2) is 30.3 Å². The molecule has 1 aliphatic heterocycles. The second-order valence-electron chi connectivity index (χ2n) is 5.00. The summed E-state index contributed by atoms with van der Waals surface area (Å²) in [4.78, 5) is 0. The average Bonchev–Trinajstić information content (AvgIpc) is 2.59. The molecule has 5 heteroatoms. The van der Waals surface area contributed by atoms with Gasteiger partial charge in [-0.25, -0.2) is 0 Å². The van der Waals surface area contributed by atoms with E-state index >= 15 is 0 Å². The molecule has 0 radical (unpaired) electrons. The van der Waals surface area contributed by atoms with E-state index in [9.17, 15) is 5.11 Å². The summed E-state index contributed by atoms with van der Waals surface area (Å²) in [6, 6.07) is 8.92. The topological polar surface area (TPSA) is 57.2 Å². The quantitative estimate of drug-likeness (QED) is 0.877. The Morgan fingerprint density at radius 1 is 0.913 bits per heavy atom. The van der Waals surface area contributed by atoms with Crippen LogP contribution < -0.4 is 18.9 Å². The van der Waals surface area contributed by atoms with Gasteiger partial charge in [-0.05, 0) is 23.8 Å². The van der Waals surface area contributed by atoms with Crippen molar-refractivity contribution in [1.29, 1.82) is 0 Å². The summed E-state index contributed by atoms with van der Waals surface area (Å²) < 4.78 is 21.6. The molecule has 1 heterocycles. The van der Waals surface area contributed by atoms with Crippen LogP contribution in [-0.4, -0.2) is 32.5 Å². The number of aromatic hydroxyl groups is 1. The van der Waals surface area contributed by atoms with Gasteiger partial charge in [-0.2, -0.15) is 0 Å². The highest BCUT2D eigenvalue weighted by molar-refractivity contribution is 5.75. The van der Waals surface area contributed by atoms with Gasteiger partial charge in [0.15, 0.2) is 23.0 Å². The van der Waals surface area contributed by atoms with Crippen molar-refractivity contribution < 1.29 is 24.1 Å². The van der Waals surface area contributed by atoms with Crippen LogP contribution in [0.5, 0.6) is 28.7 Å². The van der Waals surface area contributed by atoms with E-state index in [1.165, 1.54) is 7.11 Å². The summed E-state index contributed by atoms with van der Waals surface area (Å²) in [7, 11) is 3.13. The van der Waals surface area contributed by atoms with E-state index in [2.05, 4.69) is 0 Å². The van der Waals surface area contributed by atoms with Crippen LogP contribution in [0.25, 0.3) is 12.2 Å². The van der Waals surface area contributed by atoms with E-state index in [1.807, 2.05) is 30.4 Å². The predicted molar refractivity (Wildman–Crippen MR) is 87.6 cm³/mol. The molecule has 0 spiro atoms. The highest BCUT2D eigenvalue weighted by Crippen LogP contribution is 2.37. The van der Waals surface area contributed by atoms with E-state index in [4.69, 9.17) is 18.9 Å². The number of hydrogen-bond donors (Lipinski definition) is 1. The van der Waals surface area contributed by atoms with Crippen LogP contribution in [0.1, 0.15) is 11.1 Å². The van der Waals surface area contributed by atoms with Gasteiger partial charge in [-0.3, -0.25) is 0 Å².